The van der Waals surface area contributed by atoms with E-state index in [0.29, 0.717) is 18.0 Å². The first kappa shape index (κ1) is 36.0. The van der Waals surface area contributed by atoms with Crippen LogP contribution in [0.25, 0.3) is 10.2 Å². The van der Waals surface area contributed by atoms with E-state index in [0.717, 1.165) is 29.5 Å². The molecular weight excluding hydrogens is 540 g/mol. The van der Waals surface area contributed by atoms with Crippen molar-refractivity contribution in [2.75, 3.05) is 5.73 Å². The van der Waals surface area contributed by atoms with E-state index in [9.17, 15) is 14.7 Å². The van der Waals surface area contributed by atoms with Crippen LogP contribution in [0.15, 0.2) is 109 Å². The molecule has 42 heavy (non-hydrogen) atoms. The van der Waals surface area contributed by atoms with Gasteiger partial charge in [-0.25, -0.2) is 4.98 Å². The Hall–Kier alpha value is -4.03. The third-order valence-corrected chi connectivity index (χ3v) is 6.88. The molecule has 2 aromatic carbocycles. The molecular formula is C36H46N2O3S. The quantitative estimate of drug-likeness (QED) is 0.244. The molecule has 0 saturated heterocycles. The minimum atomic E-state index is -0.908. The topological polar surface area (TPSA) is 93.3 Å². The summed E-state index contributed by atoms with van der Waals surface area (Å²) in [4.78, 5) is 27.6. The lowest BCUT2D eigenvalue weighted by molar-refractivity contribution is -0.143. The molecule has 1 aromatic heterocycles. The number of hydrogen-bond donors (Lipinski definition) is 2. The van der Waals surface area contributed by atoms with Crippen molar-refractivity contribution in [2.24, 2.45) is 5.92 Å². The van der Waals surface area contributed by atoms with E-state index < -0.39 is 11.9 Å². The number of nitrogens with two attached hydrogens (primary N) is 1. The summed E-state index contributed by atoms with van der Waals surface area (Å²) in [6, 6.07) is 15.6. The molecule has 3 N–H and O–H groups in total. The van der Waals surface area contributed by atoms with Gasteiger partial charge in [-0.3, -0.25) is 9.59 Å². The number of hydrogen-bond acceptors (Lipinski definition) is 5. The fourth-order valence-corrected chi connectivity index (χ4v) is 4.76. The molecule has 1 unspecified atom stereocenters. The number of nitrogens with zero attached hydrogens (tertiary/aromatic N) is 1. The van der Waals surface area contributed by atoms with Gasteiger partial charge in [-0.2, -0.15) is 0 Å². The van der Waals surface area contributed by atoms with Gasteiger partial charge >= 0.3 is 5.97 Å². The second-order valence-corrected chi connectivity index (χ2v) is 10.6. The summed E-state index contributed by atoms with van der Waals surface area (Å²) in [6.07, 6.45) is 16.8. The highest BCUT2D eigenvalue weighted by Crippen LogP contribution is 2.24. The number of carboxylic acids is 1. The predicted octanol–water partition coefficient (Wildman–Crippen LogP) is 9.46. The van der Waals surface area contributed by atoms with Gasteiger partial charge in [0.2, 0.25) is 0 Å². The van der Waals surface area contributed by atoms with E-state index >= 15 is 0 Å². The van der Waals surface area contributed by atoms with Gasteiger partial charge in [0, 0.05) is 6.42 Å². The van der Waals surface area contributed by atoms with Crippen LogP contribution in [0, 0.1) is 12.8 Å². The molecule has 0 aliphatic heterocycles. The number of fused-ring (bicyclic) bond motifs is 1. The Labute approximate surface area is 255 Å². The maximum absolute atomic E-state index is 12.1. The zero-order chi connectivity index (χ0) is 31.3. The van der Waals surface area contributed by atoms with Crippen molar-refractivity contribution in [3.8, 4) is 0 Å². The van der Waals surface area contributed by atoms with Crippen LogP contribution < -0.4 is 5.73 Å². The molecule has 0 amide bonds. The standard InChI is InChI=1S/C17H18O3.C9H14.C8H8N2S.C2H6/c18-16(14-9-5-2-6-10-14)12-15(17(19)20)11-13-7-3-1-4-8-13;1-4-6-8-9(3)7-5-2;1-5-2-3-6-7(4-5)11-8(9)10-6;1-2/h1-5,7-9,15H,6,10-12H2,(H,19,20);5-8H,2,4H2,1,3H3;2-4H,1H3,(H2,9,10);1-2H3/b;8-6?,9-7-;;. The van der Waals surface area contributed by atoms with Crippen molar-refractivity contribution in [1.29, 1.82) is 0 Å². The van der Waals surface area contributed by atoms with Gasteiger partial charge in [-0.15, -0.1) is 0 Å². The first-order chi connectivity index (χ1) is 20.2. The van der Waals surface area contributed by atoms with Gasteiger partial charge in [-0.05, 0) is 68.4 Å². The van der Waals surface area contributed by atoms with E-state index in [4.69, 9.17) is 5.73 Å². The molecule has 0 bridgehead atoms. The molecule has 1 atom stereocenters. The number of allylic oxidation sites excluding steroid dienone is 9. The minimum absolute atomic E-state index is 0.0438. The Morgan fingerprint density at radius 2 is 1.88 bits per heavy atom. The molecule has 4 rings (SSSR count). The van der Waals surface area contributed by atoms with Crippen LogP contribution in [0.3, 0.4) is 0 Å². The SMILES string of the molecule is C=C/C=C(/C)C=CCC.CC.Cc1ccc2nc(N)sc2c1.O=C(CC(Cc1ccccc1)C(=O)O)C1=CC=CCC1. The lowest BCUT2D eigenvalue weighted by Gasteiger charge is -2.14. The molecule has 6 heteroatoms. The van der Waals surface area contributed by atoms with Gasteiger partial charge in [0.15, 0.2) is 10.9 Å². The number of anilines is 1. The number of ketones is 1. The lowest BCUT2D eigenvalue weighted by atomic mass is 9.90. The monoisotopic (exact) mass is 586 g/mol. The lowest BCUT2D eigenvalue weighted by Crippen LogP contribution is -2.21. The second-order valence-electron chi connectivity index (χ2n) is 9.49. The van der Waals surface area contributed by atoms with Gasteiger partial charge in [0.1, 0.15) is 0 Å². The first-order valence-electron chi connectivity index (χ1n) is 14.5. The van der Waals surface area contributed by atoms with E-state index in [1.54, 1.807) is 12.2 Å². The Balaban J connectivity index is 0.000000338. The molecule has 3 aromatic rings. The average Bonchev–Trinajstić information content (AvgIpc) is 3.37. The number of Topliss-reactive ketones (excluding diaryl/α,β-unsaturated/α-hetero) is 1. The zero-order valence-corrected chi connectivity index (χ0v) is 26.5. The number of thiazole rings is 1. The Morgan fingerprint density at radius 3 is 2.48 bits per heavy atom. The number of nitrogen functional groups attached to an aromatic ring is 1. The molecule has 5 nitrogen and oxygen atoms in total. The molecule has 0 fully saturated rings. The van der Waals surface area contributed by atoms with Crippen molar-refractivity contribution in [3.63, 3.8) is 0 Å². The van der Waals surface area contributed by atoms with Crippen molar-refractivity contribution in [2.45, 2.75) is 66.7 Å². The number of aromatic nitrogens is 1. The number of aryl methyl sites for hydroxylation is 1. The molecule has 0 spiro atoms. The van der Waals surface area contributed by atoms with Crippen LogP contribution in [-0.2, 0) is 16.0 Å². The Kier molecular flexibility index (Phi) is 17.8. The highest BCUT2D eigenvalue weighted by Gasteiger charge is 2.23. The van der Waals surface area contributed by atoms with Crippen molar-refractivity contribution < 1.29 is 14.7 Å². The van der Waals surface area contributed by atoms with Crippen LogP contribution in [0.5, 0.6) is 0 Å². The minimum Gasteiger partial charge on any atom is -0.481 e. The van der Waals surface area contributed by atoms with E-state index in [1.165, 1.54) is 27.2 Å². The van der Waals surface area contributed by atoms with Crippen LogP contribution in [0.4, 0.5) is 5.13 Å². The normalized spacial score (nSPS) is 13.0. The molecule has 1 heterocycles. The van der Waals surface area contributed by atoms with Gasteiger partial charge in [0.05, 0.1) is 16.1 Å². The highest BCUT2D eigenvalue weighted by molar-refractivity contribution is 7.22. The van der Waals surface area contributed by atoms with Crippen LogP contribution in [0.1, 0.15) is 64.5 Å². The maximum atomic E-state index is 12.1. The number of carbonyl (C=O) groups is 2. The van der Waals surface area contributed by atoms with Gasteiger partial charge in [0.25, 0.3) is 0 Å². The fraction of sp³-hybridized carbons (Fsp3) is 0.306. The number of carboxylic acid groups (broad SMARTS) is 1. The Morgan fingerprint density at radius 1 is 1.17 bits per heavy atom. The van der Waals surface area contributed by atoms with Crippen molar-refractivity contribution in [1.82, 2.24) is 4.98 Å². The number of carbonyl (C=O) groups excluding carboxylic acids is 1. The summed E-state index contributed by atoms with van der Waals surface area (Å²) in [5.74, 6) is -1.61. The summed E-state index contributed by atoms with van der Waals surface area (Å²) < 4.78 is 1.17. The van der Waals surface area contributed by atoms with E-state index in [1.807, 2.05) is 74.5 Å². The van der Waals surface area contributed by atoms with Gasteiger partial charge in [-0.1, -0.05) is 123 Å². The Bertz CT molecular complexity index is 1380. The summed E-state index contributed by atoms with van der Waals surface area (Å²) in [7, 11) is 0. The van der Waals surface area contributed by atoms with Crippen molar-refractivity contribution in [3.05, 3.63) is 120 Å². The van der Waals surface area contributed by atoms with Crippen molar-refractivity contribution >= 4 is 38.4 Å². The largest absolute Gasteiger partial charge is 0.481 e. The van der Waals surface area contributed by atoms with E-state index in [-0.39, 0.29) is 12.2 Å². The van der Waals surface area contributed by atoms with Crippen LogP contribution in [0.2, 0.25) is 0 Å². The number of benzene rings is 2. The average molecular weight is 587 g/mol. The summed E-state index contributed by atoms with van der Waals surface area (Å²) >= 11 is 1.53. The molecule has 0 radical (unpaired) electrons. The zero-order valence-electron chi connectivity index (χ0n) is 25.7. The fourth-order valence-electron chi connectivity index (χ4n) is 3.93. The molecule has 0 saturated carbocycles. The summed E-state index contributed by atoms with van der Waals surface area (Å²) in [5.41, 5.74) is 10.7. The smallest absolute Gasteiger partial charge is 0.307 e. The third kappa shape index (κ3) is 14.0. The van der Waals surface area contributed by atoms with Crippen LogP contribution in [-0.4, -0.2) is 21.8 Å². The highest BCUT2D eigenvalue weighted by atomic mass is 32.1. The molecule has 224 valence electrons. The number of rotatable bonds is 9. The summed E-state index contributed by atoms with van der Waals surface area (Å²) in [6.45, 7) is 13.8. The maximum Gasteiger partial charge on any atom is 0.307 e. The molecule has 1 aliphatic carbocycles. The third-order valence-electron chi connectivity index (χ3n) is 6.04. The molecule has 1 aliphatic rings. The van der Waals surface area contributed by atoms with Crippen LogP contribution >= 0.6 is 11.3 Å². The first-order valence-corrected chi connectivity index (χ1v) is 15.3. The van der Waals surface area contributed by atoms with E-state index in [2.05, 4.69) is 50.6 Å². The predicted molar refractivity (Wildman–Crippen MR) is 181 cm³/mol. The summed E-state index contributed by atoms with van der Waals surface area (Å²) in [5, 5.41) is 9.94. The number of aliphatic carboxylic acids is 1. The second kappa shape index (κ2) is 20.8. The van der Waals surface area contributed by atoms with Gasteiger partial charge < -0.3 is 10.8 Å².